The Kier molecular flexibility index (Phi) is 7.03. The molecule has 1 amide bonds. The Bertz CT molecular complexity index is 965. The molecule has 1 aromatic heterocycles. The molecule has 3 aromatic rings. The molecule has 3 rings (SSSR count). The van der Waals surface area contributed by atoms with E-state index >= 15 is 0 Å². The van der Waals surface area contributed by atoms with Gasteiger partial charge in [-0.3, -0.25) is 9.59 Å². The monoisotopic (exact) mass is 409 g/mol. The highest BCUT2D eigenvalue weighted by molar-refractivity contribution is 7.12. The molecule has 5 nitrogen and oxygen atoms in total. The van der Waals surface area contributed by atoms with Crippen LogP contribution in [0.1, 0.15) is 28.9 Å². The zero-order chi connectivity index (χ0) is 20.6. The zero-order valence-electron chi connectivity index (χ0n) is 16.4. The van der Waals surface area contributed by atoms with E-state index in [1.165, 1.54) is 11.3 Å². The van der Waals surface area contributed by atoms with Gasteiger partial charge in [0, 0.05) is 24.1 Å². The number of carbonyl (C=O) groups is 2. The summed E-state index contributed by atoms with van der Waals surface area (Å²) < 4.78 is 10.7. The van der Waals surface area contributed by atoms with E-state index < -0.39 is 0 Å². The molecule has 2 aromatic carbocycles. The van der Waals surface area contributed by atoms with Gasteiger partial charge in [0.1, 0.15) is 11.5 Å². The van der Waals surface area contributed by atoms with Crippen LogP contribution in [0, 0.1) is 0 Å². The third-order valence-corrected chi connectivity index (χ3v) is 5.40. The van der Waals surface area contributed by atoms with Gasteiger partial charge in [0.2, 0.25) is 5.91 Å². The second kappa shape index (κ2) is 9.89. The lowest BCUT2D eigenvalue weighted by atomic mass is 10.0. The number of benzene rings is 2. The second-order valence-corrected chi connectivity index (χ2v) is 7.39. The van der Waals surface area contributed by atoms with E-state index in [2.05, 4.69) is 5.32 Å². The Hall–Kier alpha value is -3.12. The number of hydrogen-bond acceptors (Lipinski definition) is 5. The molecular weight excluding hydrogens is 386 g/mol. The van der Waals surface area contributed by atoms with Crippen LogP contribution in [0.3, 0.4) is 0 Å². The summed E-state index contributed by atoms with van der Waals surface area (Å²) in [6.07, 6.45) is 1.18. The van der Waals surface area contributed by atoms with Gasteiger partial charge in [0.25, 0.3) is 0 Å². The molecule has 0 saturated heterocycles. The SMILES string of the molecule is COc1ccc(-c2cc(NC(=O)CCCC(=O)c3cccs3)ccc2OC)cc1. The van der Waals surface area contributed by atoms with Crippen molar-refractivity contribution < 1.29 is 19.1 Å². The van der Waals surface area contributed by atoms with E-state index in [4.69, 9.17) is 9.47 Å². The highest BCUT2D eigenvalue weighted by Crippen LogP contribution is 2.33. The van der Waals surface area contributed by atoms with Crippen molar-refractivity contribution in [1.29, 1.82) is 0 Å². The minimum Gasteiger partial charge on any atom is -0.497 e. The Morgan fingerprint density at radius 1 is 0.966 bits per heavy atom. The van der Waals surface area contributed by atoms with E-state index in [0.29, 0.717) is 24.9 Å². The first kappa shape index (κ1) is 20.6. The lowest BCUT2D eigenvalue weighted by molar-refractivity contribution is -0.116. The highest BCUT2D eigenvalue weighted by Gasteiger charge is 2.11. The summed E-state index contributed by atoms with van der Waals surface area (Å²) in [6.45, 7) is 0. The van der Waals surface area contributed by atoms with Gasteiger partial charge in [-0.1, -0.05) is 18.2 Å². The number of Topliss-reactive ketones (excluding diaryl/α,β-unsaturated/α-hetero) is 1. The van der Waals surface area contributed by atoms with Crippen molar-refractivity contribution >= 4 is 28.7 Å². The van der Waals surface area contributed by atoms with Gasteiger partial charge in [0.15, 0.2) is 5.78 Å². The van der Waals surface area contributed by atoms with Gasteiger partial charge in [-0.05, 0) is 53.8 Å². The fourth-order valence-electron chi connectivity index (χ4n) is 2.98. The van der Waals surface area contributed by atoms with Gasteiger partial charge in [-0.15, -0.1) is 11.3 Å². The maximum atomic E-state index is 12.3. The van der Waals surface area contributed by atoms with Crippen molar-refractivity contribution in [3.05, 3.63) is 64.9 Å². The molecule has 1 N–H and O–H groups in total. The standard InChI is InChI=1S/C23H23NO4S/c1-27-18-11-8-16(9-12-18)19-15-17(10-13-21(19)28-2)24-23(26)7-3-5-20(25)22-6-4-14-29-22/h4,6,8-15H,3,5,7H2,1-2H3,(H,24,26). The molecule has 6 heteroatoms. The summed E-state index contributed by atoms with van der Waals surface area (Å²) in [5, 5.41) is 4.79. The number of rotatable bonds is 9. The van der Waals surface area contributed by atoms with Gasteiger partial charge < -0.3 is 14.8 Å². The summed E-state index contributed by atoms with van der Waals surface area (Å²) >= 11 is 1.43. The predicted molar refractivity (Wildman–Crippen MR) is 116 cm³/mol. The summed E-state index contributed by atoms with van der Waals surface area (Å²) in [7, 11) is 3.24. The molecule has 1 heterocycles. The number of carbonyl (C=O) groups excluding carboxylic acids is 2. The number of ketones is 1. The molecule has 150 valence electrons. The minimum absolute atomic E-state index is 0.0824. The Morgan fingerprint density at radius 2 is 1.76 bits per heavy atom. The second-order valence-electron chi connectivity index (χ2n) is 6.45. The Balaban J connectivity index is 1.62. The van der Waals surface area contributed by atoms with Gasteiger partial charge >= 0.3 is 0 Å². The normalized spacial score (nSPS) is 10.4. The first-order valence-electron chi connectivity index (χ1n) is 9.29. The summed E-state index contributed by atoms with van der Waals surface area (Å²) in [5.41, 5.74) is 2.52. The smallest absolute Gasteiger partial charge is 0.224 e. The largest absolute Gasteiger partial charge is 0.497 e. The van der Waals surface area contributed by atoms with Crippen LogP contribution in [0.15, 0.2) is 60.0 Å². The first-order chi connectivity index (χ1) is 14.1. The fraction of sp³-hybridized carbons (Fsp3) is 0.217. The van der Waals surface area contributed by atoms with E-state index in [9.17, 15) is 9.59 Å². The Labute approximate surface area is 174 Å². The summed E-state index contributed by atoms with van der Waals surface area (Å²) in [4.78, 5) is 25.1. The number of amides is 1. The van der Waals surface area contributed by atoms with Crippen molar-refractivity contribution in [3.8, 4) is 22.6 Å². The van der Waals surface area contributed by atoms with Crippen molar-refractivity contribution in [2.24, 2.45) is 0 Å². The van der Waals surface area contributed by atoms with Crippen molar-refractivity contribution in [3.63, 3.8) is 0 Å². The Morgan fingerprint density at radius 3 is 2.41 bits per heavy atom. The van der Waals surface area contributed by atoms with E-state index in [1.807, 2.05) is 53.9 Å². The van der Waals surface area contributed by atoms with Gasteiger partial charge in [-0.25, -0.2) is 0 Å². The average Bonchev–Trinajstić information content (AvgIpc) is 3.29. The zero-order valence-corrected chi connectivity index (χ0v) is 17.3. The van der Waals surface area contributed by atoms with Crippen LogP contribution in [0.5, 0.6) is 11.5 Å². The van der Waals surface area contributed by atoms with Crippen molar-refractivity contribution in [2.45, 2.75) is 19.3 Å². The molecule has 0 aliphatic rings. The maximum Gasteiger partial charge on any atom is 0.224 e. The molecule has 0 fully saturated rings. The maximum absolute atomic E-state index is 12.3. The van der Waals surface area contributed by atoms with Gasteiger partial charge in [-0.2, -0.15) is 0 Å². The molecule has 0 saturated carbocycles. The molecule has 0 aliphatic heterocycles. The fourth-order valence-corrected chi connectivity index (χ4v) is 3.67. The number of anilines is 1. The van der Waals surface area contributed by atoms with Crippen LogP contribution in [0.4, 0.5) is 5.69 Å². The average molecular weight is 410 g/mol. The number of thiophene rings is 1. The molecule has 0 spiro atoms. The number of hydrogen-bond donors (Lipinski definition) is 1. The van der Waals surface area contributed by atoms with E-state index in [1.54, 1.807) is 20.3 Å². The number of ether oxygens (including phenoxy) is 2. The van der Waals surface area contributed by atoms with Crippen molar-refractivity contribution in [2.75, 3.05) is 19.5 Å². The quantitative estimate of drug-likeness (QED) is 0.479. The van der Waals surface area contributed by atoms with Crippen molar-refractivity contribution in [1.82, 2.24) is 0 Å². The van der Waals surface area contributed by atoms with Crippen LogP contribution in [-0.4, -0.2) is 25.9 Å². The molecule has 0 radical (unpaired) electrons. The predicted octanol–water partition coefficient (Wildman–Crippen LogP) is 5.42. The molecule has 0 bridgehead atoms. The number of methoxy groups -OCH3 is 2. The lowest BCUT2D eigenvalue weighted by Crippen LogP contribution is -2.12. The van der Waals surface area contributed by atoms with E-state index in [0.717, 1.165) is 27.5 Å². The molecule has 29 heavy (non-hydrogen) atoms. The minimum atomic E-state index is -0.116. The third-order valence-electron chi connectivity index (χ3n) is 4.49. The summed E-state index contributed by atoms with van der Waals surface area (Å²) in [6, 6.07) is 16.8. The highest BCUT2D eigenvalue weighted by atomic mass is 32.1. The number of nitrogens with one attached hydrogen (secondary N) is 1. The molecular formula is C23H23NO4S. The van der Waals surface area contributed by atoms with Crippen LogP contribution in [0.2, 0.25) is 0 Å². The van der Waals surface area contributed by atoms with Crippen LogP contribution >= 0.6 is 11.3 Å². The molecule has 0 aliphatic carbocycles. The molecule has 0 unspecified atom stereocenters. The van der Waals surface area contributed by atoms with Gasteiger partial charge in [0.05, 0.1) is 19.1 Å². The topological polar surface area (TPSA) is 64.6 Å². The van der Waals surface area contributed by atoms with Crippen LogP contribution in [0.25, 0.3) is 11.1 Å². The molecule has 0 atom stereocenters. The third kappa shape index (κ3) is 5.45. The van der Waals surface area contributed by atoms with Crippen LogP contribution < -0.4 is 14.8 Å². The van der Waals surface area contributed by atoms with Crippen LogP contribution in [-0.2, 0) is 4.79 Å². The summed E-state index contributed by atoms with van der Waals surface area (Å²) in [5.74, 6) is 1.46. The van der Waals surface area contributed by atoms with E-state index in [-0.39, 0.29) is 11.7 Å². The lowest BCUT2D eigenvalue weighted by Gasteiger charge is -2.12. The first-order valence-corrected chi connectivity index (χ1v) is 10.2.